The zero-order valence-corrected chi connectivity index (χ0v) is 12.8. The first kappa shape index (κ1) is 14.6. The topological polar surface area (TPSA) is 33.1 Å². The van der Waals surface area contributed by atoms with Crippen LogP contribution < -0.4 is 0 Å². The van der Waals surface area contributed by atoms with Crippen molar-refractivity contribution in [3.05, 3.63) is 40.5 Å². The molecule has 0 aliphatic rings. The highest BCUT2D eigenvalue weighted by Gasteiger charge is 2.08. The van der Waals surface area contributed by atoms with E-state index in [9.17, 15) is 0 Å². The summed E-state index contributed by atoms with van der Waals surface area (Å²) in [6, 6.07) is 8.33. The molecule has 1 N–H and O–H groups in total. The molecular weight excluding hydrogens is 278 g/mol. The van der Waals surface area contributed by atoms with Crippen LogP contribution in [0.4, 0.5) is 0 Å². The molecule has 0 saturated carbocycles. The lowest BCUT2D eigenvalue weighted by Crippen LogP contribution is -2.00. The minimum atomic E-state index is 0.233. The first-order valence-corrected chi connectivity index (χ1v) is 7.81. The first-order chi connectivity index (χ1) is 9.10. The van der Waals surface area contributed by atoms with Gasteiger partial charge in [-0.05, 0) is 31.0 Å². The molecule has 2 rings (SSSR count). The van der Waals surface area contributed by atoms with E-state index in [1.165, 1.54) is 5.56 Å². The molecule has 0 amide bonds. The number of halogens is 1. The molecule has 19 heavy (non-hydrogen) atoms. The number of pyridine rings is 1. The molecule has 0 bridgehead atoms. The molecule has 1 heterocycles. The van der Waals surface area contributed by atoms with Gasteiger partial charge in [0.15, 0.2) is 0 Å². The Morgan fingerprint density at radius 2 is 2.16 bits per heavy atom. The maximum atomic E-state index is 8.90. The highest BCUT2D eigenvalue weighted by atomic mass is 35.5. The van der Waals surface area contributed by atoms with Crippen molar-refractivity contribution in [3.8, 4) is 0 Å². The Hall–Kier alpha value is -0.770. The third kappa shape index (κ3) is 3.85. The third-order valence-corrected chi connectivity index (χ3v) is 4.67. The van der Waals surface area contributed by atoms with Crippen molar-refractivity contribution < 1.29 is 5.11 Å². The molecule has 0 radical (unpaired) electrons. The second kappa shape index (κ2) is 6.60. The molecule has 2 aromatic rings. The summed E-state index contributed by atoms with van der Waals surface area (Å²) < 4.78 is 0. The number of nitrogens with zero attached hydrogens (tertiary/aromatic N) is 1. The lowest BCUT2D eigenvalue weighted by molar-refractivity contribution is 0.289. The summed E-state index contributed by atoms with van der Waals surface area (Å²) in [6.45, 7) is 4.40. The second-order valence-electron chi connectivity index (χ2n) is 4.77. The minimum absolute atomic E-state index is 0.233. The van der Waals surface area contributed by atoms with Crippen molar-refractivity contribution in [2.75, 3.05) is 6.61 Å². The van der Waals surface area contributed by atoms with Crippen molar-refractivity contribution in [1.29, 1.82) is 0 Å². The van der Waals surface area contributed by atoms with Crippen LogP contribution in [-0.2, 0) is 5.75 Å². The summed E-state index contributed by atoms with van der Waals surface area (Å²) >= 11 is 8.04. The van der Waals surface area contributed by atoms with Crippen molar-refractivity contribution in [2.45, 2.75) is 31.3 Å². The van der Waals surface area contributed by atoms with Crippen molar-refractivity contribution in [3.63, 3.8) is 0 Å². The maximum Gasteiger partial charge on any atom is 0.133 e. The number of aliphatic hydroxyl groups is 1. The standard InChI is InChI=1S/C15H18ClNOS/c1-10-3-4-12-8-13(9-19-11(2)5-6-18)15(16)17-14(12)7-10/h3-4,7-8,11,18H,5-6,9H2,1-2H3. The second-order valence-corrected chi connectivity index (χ2v) is 6.55. The normalized spacial score (nSPS) is 12.8. The van der Waals surface area contributed by atoms with E-state index in [0.29, 0.717) is 10.4 Å². The zero-order chi connectivity index (χ0) is 13.8. The Balaban J connectivity index is 2.19. The fourth-order valence-corrected chi connectivity index (χ4v) is 3.14. The monoisotopic (exact) mass is 295 g/mol. The molecular formula is C15H18ClNOS. The van der Waals surface area contributed by atoms with Gasteiger partial charge in [-0.15, -0.1) is 0 Å². The molecule has 2 nitrogen and oxygen atoms in total. The zero-order valence-electron chi connectivity index (χ0n) is 11.2. The van der Waals surface area contributed by atoms with Gasteiger partial charge in [-0.1, -0.05) is 30.7 Å². The van der Waals surface area contributed by atoms with E-state index in [1.54, 1.807) is 11.8 Å². The van der Waals surface area contributed by atoms with Gasteiger partial charge in [0, 0.05) is 28.6 Å². The molecule has 1 aromatic carbocycles. The summed E-state index contributed by atoms with van der Waals surface area (Å²) in [6.07, 6.45) is 0.808. The van der Waals surface area contributed by atoms with Gasteiger partial charge >= 0.3 is 0 Å². The molecule has 0 aliphatic carbocycles. The van der Waals surface area contributed by atoms with Crippen LogP contribution in [0.5, 0.6) is 0 Å². The van der Waals surface area contributed by atoms with Crippen LogP contribution in [0.1, 0.15) is 24.5 Å². The first-order valence-electron chi connectivity index (χ1n) is 6.38. The van der Waals surface area contributed by atoms with Crippen molar-refractivity contribution in [2.24, 2.45) is 0 Å². The number of aliphatic hydroxyl groups excluding tert-OH is 1. The number of aromatic nitrogens is 1. The van der Waals surface area contributed by atoms with Gasteiger partial charge in [-0.2, -0.15) is 11.8 Å². The molecule has 0 saturated heterocycles. The van der Waals surface area contributed by atoms with Gasteiger partial charge in [0.2, 0.25) is 0 Å². The molecule has 102 valence electrons. The highest BCUT2D eigenvalue weighted by molar-refractivity contribution is 7.99. The molecule has 0 spiro atoms. The summed E-state index contributed by atoms with van der Waals surface area (Å²) in [5.74, 6) is 0.830. The van der Waals surface area contributed by atoms with Crippen molar-refractivity contribution in [1.82, 2.24) is 4.98 Å². The number of aryl methyl sites for hydroxylation is 1. The van der Waals surface area contributed by atoms with Crippen molar-refractivity contribution >= 4 is 34.3 Å². The van der Waals surface area contributed by atoms with Crippen LogP contribution in [0.25, 0.3) is 10.9 Å². The van der Waals surface area contributed by atoms with Crippen LogP contribution in [0, 0.1) is 6.92 Å². The number of fused-ring (bicyclic) bond motifs is 1. The number of thioether (sulfide) groups is 1. The van der Waals surface area contributed by atoms with Crippen LogP contribution in [0.15, 0.2) is 24.3 Å². The van der Waals surface area contributed by atoms with Crippen LogP contribution in [0.3, 0.4) is 0 Å². The Kier molecular flexibility index (Phi) is 5.08. The van der Waals surface area contributed by atoms with Crippen LogP contribution in [-0.4, -0.2) is 21.9 Å². The Labute approximate surface area is 123 Å². The van der Waals surface area contributed by atoms with Gasteiger partial charge < -0.3 is 5.11 Å². The lowest BCUT2D eigenvalue weighted by atomic mass is 10.1. The van der Waals surface area contributed by atoms with Gasteiger partial charge in [0.1, 0.15) is 5.15 Å². The van der Waals surface area contributed by atoms with E-state index in [0.717, 1.165) is 28.6 Å². The summed E-state index contributed by atoms with van der Waals surface area (Å²) in [4.78, 5) is 4.46. The summed E-state index contributed by atoms with van der Waals surface area (Å²) in [5, 5.41) is 11.0. The Bertz CT molecular complexity index is 573. The predicted molar refractivity (Wildman–Crippen MR) is 83.9 cm³/mol. The molecule has 0 aliphatic heterocycles. The van der Waals surface area contributed by atoms with Crippen LogP contribution in [0.2, 0.25) is 5.15 Å². The molecule has 4 heteroatoms. The van der Waals surface area contributed by atoms with Gasteiger partial charge in [0.05, 0.1) is 5.52 Å². The maximum absolute atomic E-state index is 8.90. The number of rotatable bonds is 5. The van der Waals surface area contributed by atoms with E-state index in [2.05, 4.69) is 37.0 Å². The smallest absolute Gasteiger partial charge is 0.133 e. The fourth-order valence-electron chi connectivity index (χ4n) is 1.90. The lowest BCUT2D eigenvalue weighted by Gasteiger charge is -2.11. The SMILES string of the molecule is Cc1ccc2cc(CSC(C)CCO)c(Cl)nc2c1. The molecule has 1 unspecified atom stereocenters. The highest BCUT2D eigenvalue weighted by Crippen LogP contribution is 2.27. The van der Waals surface area contributed by atoms with E-state index in [-0.39, 0.29) is 6.61 Å². The average molecular weight is 296 g/mol. The van der Waals surface area contributed by atoms with Gasteiger partial charge in [-0.25, -0.2) is 4.98 Å². The molecule has 1 aromatic heterocycles. The summed E-state index contributed by atoms with van der Waals surface area (Å²) in [7, 11) is 0. The molecule has 1 atom stereocenters. The van der Waals surface area contributed by atoms with E-state index in [4.69, 9.17) is 16.7 Å². The number of hydrogen-bond donors (Lipinski definition) is 1. The van der Waals surface area contributed by atoms with Gasteiger partial charge in [-0.3, -0.25) is 0 Å². The average Bonchev–Trinajstić information content (AvgIpc) is 2.36. The predicted octanol–water partition coefficient (Wildman–Crippen LogP) is 4.20. The van der Waals surface area contributed by atoms with E-state index in [1.807, 2.05) is 6.07 Å². The summed E-state index contributed by atoms with van der Waals surface area (Å²) in [5.41, 5.74) is 3.20. The quantitative estimate of drug-likeness (QED) is 0.839. The largest absolute Gasteiger partial charge is 0.396 e. The minimum Gasteiger partial charge on any atom is -0.396 e. The third-order valence-electron chi connectivity index (χ3n) is 3.06. The Morgan fingerprint density at radius 1 is 1.37 bits per heavy atom. The van der Waals surface area contributed by atoms with E-state index >= 15 is 0 Å². The van der Waals surface area contributed by atoms with E-state index < -0.39 is 0 Å². The molecule has 0 fully saturated rings. The number of hydrogen-bond acceptors (Lipinski definition) is 3. The fraction of sp³-hybridized carbons (Fsp3) is 0.400. The Morgan fingerprint density at radius 3 is 2.89 bits per heavy atom. The number of benzene rings is 1. The van der Waals surface area contributed by atoms with Crippen LogP contribution >= 0.6 is 23.4 Å². The van der Waals surface area contributed by atoms with Gasteiger partial charge in [0.25, 0.3) is 0 Å².